The molecule has 3 aromatic rings. The summed E-state index contributed by atoms with van der Waals surface area (Å²) < 4.78 is 68.7. The molecule has 0 saturated carbocycles. The van der Waals surface area contributed by atoms with Gasteiger partial charge in [-0.25, -0.2) is 22.0 Å². The van der Waals surface area contributed by atoms with Gasteiger partial charge in [-0.15, -0.1) is 0 Å². The first kappa shape index (κ1) is 20.0. The number of hydrogen-bond acceptors (Lipinski definition) is 1. The third-order valence-electron chi connectivity index (χ3n) is 4.06. The van der Waals surface area contributed by atoms with E-state index in [0.29, 0.717) is 15.6 Å². The lowest BCUT2D eigenvalue weighted by Crippen LogP contribution is -2.32. The number of carbonyl (C=O) groups excluding carboxylic acids is 1. The summed E-state index contributed by atoms with van der Waals surface area (Å²) in [7, 11) is 0. The van der Waals surface area contributed by atoms with Gasteiger partial charge in [0.25, 0.3) is 5.91 Å². The second kappa shape index (κ2) is 8.10. The highest BCUT2D eigenvalue weighted by molar-refractivity contribution is 9.10. The van der Waals surface area contributed by atoms with Crippen molar-refractivity contribution in [3.63, 3.8) is 0 Å². The van der Waals surface area contributed by atoms with Crippen molar-refractivity contribution in [2.24, 2.45) is 0 Å². The van der Waals surface area contributed by atoms with Crippen molar-refractivity contribution in [2.45, 2.75) is 6.04 Å². The summed E-state index contributed by atoms with van der Waals surface area (Å²) in [5, 5.41) is 2.36. The van der Waals surface area contributed by atoms with Gasteiger partial charge in [-0.1, -0.05) is 64.5 Å². The molecule has 28 heavy (non-hydrogen) atoms. The maximum absolute atomic E-state index is 14.0. The molecule has 8 heteroatoms. The van der Waals surface area contributed by atoms with Gasteiger partial charge in [0.05, 0.1) is 6.04 Å². The minimum absolute atomic E-state index is 0.533. The molecule has 0 aliphatic carbocycles. The zero-order valence-electron chi connectivity index (χ0n) is 13.9. The van der Waals surface area contributed by atoms with Gasteiger partial charge in [0.2, 0.25) is 5.82 Å². The second-order valence-electron chi connectivity index (χ2n) is 5.78. The van der Waals surface area contributed by atoms with E-state index in [9.17, 15) is 26.7 Å². The first-order chi connectivity index (χ1) is 13.3. The summed E-state index contributed by atoms with van der Waals surface area (Å²) in [5.41, 5.74) is -0.457. The Labute approximate surface area is 165 Å². The Kier molecular flexibility index (Phi) is 5.79. The first-order valence-electron chi connectivity index (χ1n) is 7.94. The standard InChI is InChI=1S/C20H11BrF5NO/c21-12-9-5-4-8-11(12)19(10-6-2-1-3-7-10)27-20(28)13-14(22)16(24)18(26)17(25)15(13)23/h1-9,19H,(H,27,28)/t19-/m0/s1. The highest BCUT2D eigenvalue weighted by atomic mass is 79.9. The Balaban J connectivity index is 2.08. The number of benzene rings is 3. The largest absolute Gasteiger partial charge is 0.341 e. The average molecular weight is 456 g/mol. The van der Waals surface area contributed by atoms with E-state index in [2.05, 4.69) is 21.2 Å². The van der Waals surface area contributed by atoms with Gasteiger partial charge >= 0.3 is 0 Å². The summed E-state index contributed by atoms with van der Waals surface area (Å²) in [6, 6.07) is 14.3. The van der Waals surface area contributed by atoms with Crippen LogP contribution in [0.5, 0.6) is 0 Å². The second-order valence-corrected chi connectivity index (χ2v) is 6.64. The lowest BCUT2D eigenvalue weighted by Gasteiger charge is -2.21. The van der Waals surface area contributed by atoms with Crippen LogP contribution in [0.4, 0.5) is 22.0 Å². The maximum atomic E-state index is 14.0. The van der Waals surface area contributed by atoms with Crippen LogP contribution < -0.4 is 5.32 Å². The summed E-state index contributed by atoms with van der Waals surface area (Å²) in [4.78, 5) is 12.5. The quantitative estimate of drug-likeness (QED) is 0.306. The summed E-state index contributed by atoms with van der Waals surface area (Å²) >= 11 is 3.33. The van der Waals surface area contributed by atoms with Gasteiger partial charge in [-0.2, -0.15) is 0 Å². The number of carbonyl (C=O) groups is 1. The molecule has 1 atom stereocenters. The molecule has 3 aromatic carbocycles. The SMILES string of the molecule is O=C(N[C@@H](c1ccccc1)c1ccccc1Br)c1c(F)c(F)c(F)c(F)c1F. The van der Waals surface area contributed by atoms with E-state index in [-0.39, 0.29) is 0 Å². The summed E-state index contributed by atoms with van der Waals surface area (Å²) in [6.07, 6.45) is 0. The van der Waals surface area contributed by atoms with E-state index in [0.717, 1.165) is 0 Å². The van der Waals surface area contributed by atoms with Gasteiger partial charge in [-0.3, -0.25) is 4.79 Å². The summed E-state index contributed by atoms with van der Waals surface area (Å²) in [6.45, 7) is 0. The molecule has 0 fully saturated rings. The Hall–Kier alpha value is -2.74. The van der Waals surface area contributed by atoms with Crippen molar-refractivity contribution >= 4 is 21.8 Å². The van der Waals surface area contributed by atoms with Crippen LogP contribution in [0, 0.1) is 29.1 Å². The zero-order chi connectivity index (χ0) is 20.4. The number of nitrogens with one attached hydrogen (secondary N) is 1. The third kappa shape index (κ3) is 3.64. The predicted molar refractivity (Wildman–Crippen MR) is 96.1 cm³/mol. The third-order valence-corrected chi connectivity index (χ3v) is 4.78. The van der Waals surface area contributed by atoms with Crippen molar-refractivity contribution in [2.75, 3.05) is 0 Å². The Morgan fingerprint density at radius 2 is 1.25 bits per heavy atom. The lowest BCUT2D eigenvalue weighted by molar-refractivity contribution is 0.0931. The van der Waals surface area contributed by atoms with Crippen molar-refractivity contribution in [3.8, 4) is 0 Å². The van der Waals surface area contributed by atoms with E-state index in [4.69, 9.17) is 0 Å². The molecule has 0 spiro atoms. The fourth-order valence-electron chi connectivity index (χ4n) is 2.70. The lowest BCUT2D eigenvalue weighted by atomic mass is 9.98. The van der Waals surface area contributed by atoms with Gasteiger partial charge in [-0.05, 0) is 17.2 Å². The molecule has 0 unspecified atom stereocenters. The topological polar surface area (TPSA) is 29.1 Å². The number of amides is 1. The van der Waals surface area contributed by atoms with Crippen molar-refractivity contribution < 1.29 is 26.7 Å². The van der Waals surface area contributed by atoms with Crippen LogP contribution in [0.3, 0.4) is 0 Å². The minimum atomic E-state index is -2.32. The van der Waals surface area contributed by atoms with Crippen LogP contribution in [0.25, 0.3) is 0 Å². The molecule has 0 radical (unpaired) electrons. The van der Waals surface area contributed by atoms with E-state index in [1.165, 1.54) is 0 Å². The van der Waals surface area contributed by atoms with E-state index < -0.39 is 46.6 Å². The molecule has 0 saturated heterocycles. The Bertz CT molecular complexity index is 1010. The van der Waals surface area contributed by atoms with Crippen LogP contribution in [0.1, 0.15) is 27.5 Å². The van der Waals surface area contributed by atoms with Gasteiger partial charge < -0.3 is 5.32 Å². The van der Waals surface area contributed by atoms with E-state index >= 15 is 0 Å². The molecule has 144 valence electrons. The van der Waals surface area contributed by atoms with Crippen molar-refractivity contribution in [1.82, 2.24) is 5.32 Å². The molecule has 0 aliphatic heterocycles. The fourth-order valence-corrected chi connectivity index (χ4v) is 3.22. The molecule has 3 rings (SSSR count). The number of rotatable bonds is 4. The van der Waals surface area contributed by atoms with Crippen molar-refractivity contribution in [1.29, 1.82) is 0 Å². The van der Waals surface area contributed by atoms with E-state index in [1.807, 2.05) is 0 Å². The van der Waals surface area contributed by atoms with Crippen LogP contribution in [0.15, 0.2) is 59.1 Å². The molecule has 0 bridgehead atoms. The molecule has 1 N–H and O–H groups in total. The highest BCUT2D eigenvalue weighted by Gasteiger charge is 2.31. The molecular weight excluding hydrogens is 445 g/mol. The van der Waals surface area contributed by atoms with Gasteiger partial charge in [0.1, 0.15) is 5.56 Å². The summed E-state index contributed by atoms with van der Waals surface area (Å²) in [5.74, 6) is -12.5. The normalized spacial score (nSPS) is 11.9. The average Bonchev–Trinajstić information content (AvgIpc) is 2.70. The van der Waals surface area contributed by atoms with E-state index in [1.54, 1.807) is 54.6 Å². The van der Waals surface area contributed by atoms with Crippen LogP contribution >= 0.6 is 15.9 Å². The molecule has 0 heterocycles. The first-order valence-corrected chi connectivity index (χ1v) is 8.74. The highest BCUT2D eigenvalue weighted by Crippen LogP contribution is 2.30. The van der Waals surface area contributed by atoms with Crippen molar-refractivity contribution in [3.05, 3.63) is 105 Å². The molecular formula is C20H11BrF5NO. The predicted octanol–water partition coefficient (Wildman–Crippen LogP) is 5.66. The zero-order valence-corrected chi connectivity index (χ0v) is 15.5. The van der Waals surface area contributed by atoms with Crippen LogP contribution in [0.2, 0.25) is 0 Å². The van der Waals surface area contributed by atoms with Gasteiger partial charge in [0.15, 0.2) is 23.3 Å². The van der Waals surface area contributed by atoms with Crippen LogP contribution in [-0.4, -0.2) is 5.91 Å². The monoisotopic (exact) mass is 455 g/mol. The van der Waals surface area contributed by atoms with Gasteiger partial charge in [0, 0.05) is 4.47 Å². The number of halogens is 6. The molecule has 2 nitrogen and oxygen atoms in total. The maximum Gasteiger partial charge on any atom is 0.258 e. The minimum Gasteiger partial charge on any atom is -0.341 e. The van der Waals surface area contributed by atoms with Crippen LogP contribution in [-0.2, 0) is 0 Å². The number of hydrogen-bond donors (Lipinski definition) is 1. The Morgan fingerprint density at radius 3 is 1.82 bits per heavy atom. The molecule has 0 aliphatic rings. The fraction of sp³-hybridized carbons (Fsp3) is 0.0500. The molecule has 0 aromatic heterocycles. The molecule has 1 amide bonds. The Morgan fingerprint density at radius 1 is 0.750 bits per heavy atom. The smallest absolute Gasteiger partial charge is 0.258 e.